The summed E-state index contributed by atoms with van der Waals surface area (Å²) in [5.41, 5.74) is 2.81. The van der Waals surface area contributed by atoms with Gasteiger partial charge in [0.2, 0.25) is 0 Å². The molecule has 122 valence electrons. The van der Waals surface area contributed by atoms with Crippen LogP contribution in [0.3, 0.4) is 0 Å². The van der Waals surface area contributed by atoms with E-state index in [1.807, 2.05) is 0 Å². The molecule has 0 radical (unpaired) electrons. The Morgan fingerprint density at radius 3 is 1.96 bits per heavy atom. The van der Waals surface area contributed by atoms with Gasteiger partial charge in [-0.1, -0.05) is 67.1 Å². The van der Waals surface area contributed by atoms with Crippen molar-refractivity contribution < 1.29 is 0 Å². The molecule has 0 saturated heterocycles. The fourth-order valence-electron chi connectivity index (χ4n) is 3.84. The molecule has 0 amide bonds. The van der Waals surface area contributed by atoms with Crippen molar-refractivity contribution in [3.8, 4) is 0 Å². The van der Waals surface area contributed by atoms with Crippen LogP contribution in [-0.4, -0.2) is 24.5 Å². The highest BCUT2D eigenvalue weighted by molar-refractivity contribution is 5.17. The number of hydrogen-bond donors (Lipinski definition) is 1. The molecule has 1 aliphatic carbocycles. The van der Waals surface area contributed by atoms with Crippen molar-refractivity contribution in [1.82, 2.24) is 10.2 Å². The maximum Gasteiger partial charge on any atom is 0.0237 e. The van der Waals surface area contributed by atoms with Crippen LogP contribution in [0.4, 0.5) is 0 Å². The molecule has 2 heteroatoms. The predicted molar refractivity (Wildman–Crippen MR) is 97.2 cm³/mol. The van der Waals surface area contributed by atoms with Gasteiger partial charge in [-0.05, 0) is 36.9 Å². The third-order valence-electron chi connectivity index (χ3n) is 5.02. The molecule has 1 aliphatic rings. The van der Waals surface area contributed by atoms with Crippen LogP contribution in [0.2, 0.25) is 0 Å². The van der Waals surface area contributed by atoms with Crippen LogP contribution in [-0.2, 0) is 13.1 Å². The molecule has 23 heavy (non-hydrogen) atoms. The van der Waals surface area contributed by atoms with E-state index < -0.39 is 0 Å². The van der Waals surface area contributed by atoms with Crippen LogP contribution in [0.1, 0.15) is 30.4 Å². The van der Waals surface area contributed by atoms with Gasteiger partial charge in [-0.15, -0.1) is 0 Å². The van der Waals surface area contributed by atoms with Crippen LogP contribution < -0.4 is 5.32 Å². The maximum atomic E-state index is 3.52. The van der Waals surface area contributed by atoms with E-state index in [9.17, 15) is 0 Å². The highest BCUT2D eigenvalue weighted by atomic mass is 15.1. The lowest BCUT2D eigenvalue weighted by molar-refractivity contribution is 0.201. The largest absolute Gasteiger partial charge is 0.317 e. The lowest BCUT2D eigenvalue weighted by atomic mass is 10.0. The lowest BCUT2D eigenvalue weighted by Crippen LogP contribution is -2.37. The Balaban J connectivity index is 1.70. The van der Waals surface area contributed by atoms with Crippen molar-refractivity contribution in [2.75, 3.05) is 13.6 Å². The highest BCUT2D eigenvalue weighted by Gasteiger charge is 2.27. The first kappa shape index (κ1) is 16.2. The molecule has 1 fully saturated rings. The van der Waals surface area contributed by atoms with Crippen LogP contribution in [0.5, 0.6) is 0 Å². The molecule has 0 bridgehead atoms. The Labute approximate surface area is 140 Å². The van der Waals surface area contributed by atoms with Crippen molar-refractivity contribution in [2.45, 2.75) is 38.4 Å². The maximum absolute atomic E-state index is 3.52. The average molecular weight is 308 g/mol. The fourth-order valence-corrected chi connectivity index (χ4v) is 3.84. The first-order chi connectivity index (χ1) is 11.3. The second-order valence-corrected chi connectivity index (χ2v) is 6.73. The molecule has 2 aromatic rings. The normalized spacial score (nSPS) is 21.0. The van der Waals surface area contributed by atoms with Gasteiger partial charge >= 0.3 is 0 Å². The first-order valence-corrected chi connectivity index (χ1v) is 8.82. The Bertz CT molecular complexity index is 525. The standard InChI is InChI=1S/C21H28N2/c1-22-21-14-8-13-20(21)17-23(15-18-9-4-2-5-10-18)16-19-11-6-3-7-12-19/h2-7,9-12,20-22H,8,13-17H2,1H3. The molecule has 0 spiro atoms. The SMILES string of the molecule is CNC1CCCC1CN(Cc1ccccc1)Cc1ccccc1. The summed E-state index contributed by atoms with van der Waals surface area (Å²) in [6, 6.07) is 22.4. The van der Waals surface area contributed by atoms with E-state index >= 15 is 0 Å². The number of nitrogens with zero attached hydrogens (tertiary/aromatic N) is 1. The number of benzene rings is 2. The topological polar surface area (TPSA) is 15.3 Å². The molecule has 0 aliphatic heterocycles. The van der Waals surface area contributed by atoms with E-state index in [1.54, 1.807) is 0 Å². The lowest BCUT2D eigenvalue weighted by Gasteiger charge is -2.29. The van der Waals surface area contributed by atoms with E-state index in [0.29, 0.717) is 6.04 Å². The minimum atomic E-state index is 0.684. The van der Waals surface area contributed by atoms with Crippen molar-refractivity contribution in [2.24, 2.45) is 5.92 Å². The first-order valence-electron chi connectivity index (χ1n) is 8.82. The summed E-state index contributed by atoms with van der Waals surface area (Å²) in [7, 11) is 2.11. The van der Waals surface area contributed by atoms with Crippen LogP contribution in [0.15, 0.2) is 60.7 Å². The molecule has 2 aromatic carbocycles. The van der Waals surface area contributed by atoms with Crippen LogP contribution in [0.25, 0.3) is 0 Å². The Kier molecular flexibility index (Phi) is 5.84. The Morgan fingerprint density at radius 1 is 0.870 bits per heavy atom. The molecular formula is C21H28N2. The van der Waals surface area contributed by atoms with Gasteiger partial charge in [0.15, 0.2) is 0 Å². The molecule has 3 rings (SSSR count). The van der Waals surface area contributed by atoms with E-state index in [2.05, 4.69) is 77.9 Å². The molecule has 2 unspecified atom stereocenters. The minimum Gasteiger partial charge on any atom is -0.317 e. The Morgan fingerprint density at radius 2 is 1.43 bits per heavy atom. The van der Waals surface area contributed by atoms with Crippen LogP contribution >= 0.6 is 0 Å². The summed E-state index contributed by atoms with van der Waals surface area (Å²) < 4.78 is 0. The van der Waals surface area contributed by atoms with Crippen molar-refractivity contribution in [3.05, 3.63) is 71.8 Å². The summed E-state index contributed by atoms with van der Waals surface area (Å²) in [5, 5.41) is 3.52. The predicted octanol–water partition coefficient (Wildman–Crippen LogP) is 4.08. The van der Waals surface area contributed by atoms with E-state index in [0.717, 1.165) is 19.0 Å². The molecule has 0 heterocycles. The summed E-state index contributed by atoms with van der Waals surface area (Å²) in [5.74, 6) is 0.771. The van der Waals surface area contributed by atoms with Gasteiger partial charge < -0.3 is 5.32 Å². The Hall–Kier alpha value is -1.64. The quantitative estimate of drug-likeness (QED) is 0.829. The fraction of sp³-hybridized carbons (Fsp3) is 0.429. The summed E-state index contributed by atoms with van der Waals surface area (Å²) >= 11 is 0. The third kappa shape index (κ3) is 4.66. The van der Waals surface area contributed by atoms with Gasteiger partial charge in [0.25, 0.3) is 0 Å². The number of nitrogens with one attached hydrogen (secondary N) is 1. The summed E-state index contributed by atoms with van der Waals surface area (Å²) in [6.45, 7) is 3.24. The molecule has 2 nitrogen and oxygen atoms in total. The van der Waals surface area contributed by atoms with E-state index in [-0.39, 0.29) is 0 Å². The zero-order valence-electron chi connectivity index (χ0n) is 14.1. The van der Waals surface area contributed by atoms with E-state index in [1.165, 1.54) is 36.9 Å². The third-order valence-corrected chi connectivity index (χ3v) is 5.02. The van der Waals surface area contributed by atoms with Crippen molar-refractivity contribution in [1.29, 1.82) is 0 Å². The van der Waals surface area contributed by atoms with Gasteiger partial charge in [0.1, 0.15) is 0 Å². The summed E-state index contributed by atoms with van der Waals surface area (Å²) in [4.78, 5) is 2.62. The minimum absolute atomic E-state index is 0.684. The number of rotatable bonds is 7. The van der Waals surface area contributed by atoms with Crippen molar-refractivity contribution in [3.63, 3.8) is 0 Å². The molecular weight excluding hydrogens is 280 g/mol. The summed E-state index contributed by atoms with van der Waals surface area (Å²) in [6.07, 6.45) is 4.04. The molecule has 0 aromatic heterocycles. The zero-order chi connectivity index (χ0) is 15.9. The monoisotopic (exact) mass is 308 g/mol. The van der Waals surface area contributed by atoms with E-state index in [4.69, 9.17) is 0 Å². The van der Waals surface area contributed by atoms with Crippen molar-refractivity contribution >= 4 is 0 Å². The molecule has 1 N–H and O–H groups in total. The molecule has 2 atom stereocenters. The zero-order valence-corrected chi connectivity index (χ0v) is 14.1. The second-order valence-electron chi connectivity index (χ2n) is 6.73. The second kappa shape index (κ2) is 8.28. The van der Waals surface area contributed by atoms with Gasteiger partial charge in [-0.2, -0.15) is 0 Å². The molecule has 1 saturated carbocycles. The smallest absolute Gasteiger partial charge is 0.0237 e. The van der Waals surface area contributed by atoms with Gasteiger partial charge in [-0.25, -0.2) is 0 Å². The highest BCUT2D eigenvalue weighted by Crippen LogP contribution is 2.27. The van der Waals surface area contributed by atoms with Crippen LogP contribution in [0, 0.1) is 5.92 Å². The van der Waals surface area contributed by atoms with Gasteiger partial charge in [0.05, 0.1) is 0 Å². The van der Waals surface area contributed by atoms with Gasteiger partial charge in [0, 0.05) is 25.7 Å². The number of hydrogen-bond acceptors (Lipinski definition) is 2. The van der Waals surface area contributed by atoms with Gasteiger partial charge in [-0.3, -0.25) is 4.90 Å². The average Bonchev–Trinajstić information content (AvgIpc) is 3.04.